The summed E-state index contributed by atoms with van der Waals surface area (Å²) >= 11 is 0. The van der Waals surface area contributed by atoms with Crippen LogP contribution in [0.15, 0.2) is 18.2 Å². The molecule has 0 aliphatic carbocycles. The van der Waals surface area contributed by atoms with Crippen molar-refractivity contribution in [1.82, 2.24) is 5.32 Å². The topological polar surface area (TPSA) is 139 Å². The number of carboxylic acids is 1. The van der Waals surface area contributed by atoms with E-state index in [1.807, 2.05) is 6.92 Å². The minimum Gasteiger partial charge on any atom is -0.480 e. The maximum Gasteiger partial charge on any atom is 0.331 e. The van der Waals surface area contributed by atoms with Crippen molar-refractivity contribution in [3.8, 4) is 5.75 Å². The number of esters is 1. The highest BCUT2D eigenvalue weighted by Crippen LogP contribution is 2.34. The van der Waals surface area contributed by atoms with Gasteiger partial charge in [-0.25, -0.2) is 9.59 Å². The maximum atomic E-state index is 12.2. The molecular weight excluding hydrogens is 346 g/mol. The van der Waals surface area contributed by atoms with Gasteiger partial charge in [0.15, 0.2) is 5.75 Å². The highest BCUT2D eigenvalue weighted by Gasteiger charge is 2.28. The van der Waals surface area contributed by atoms with Crippen molar-refractivity contribution in [2.45, 2.75) is 32.2 Å². The zero-order valence-corrected chi connectivity index (χ0v) is 14.1. The van der Waals surface area contributed by atoms with Crippen LogP contribution in [-0.2, 0) is 14.4 Å². The van der Waals surface area contributed by atoms with E-state index >= 15 is 0 Å². The first-order valence-corrected chi connectivity index (χ1v) is 8.08. The van der Waals surface area contributed by atoms with Gasteiger partial charge in [0.1, 0.15) is 12.6 Å². The number of nitrogens with zero attached hydrogens (tertiary/aromatic N) is 2. The van der Waals surface area contributed by atoms with Gasteiger partial charge in [0.05, 0.1) is 23.2 Å². The Morgan fingerprint density at radius 1 is 1.46 bits per heavy atom. The Morgan fingerprint density at radius 3 is 2.81 bits per heavy atom. The highest BCUT2D eigenvalue weighted by molar-refractivity contribution is 5.91. The van der Waals surface area contributed by atoms with E-state index in [4.69, 9.17) is 4.74 Å². The van der Waals surface area contributed by atoms with Gasteiger partial charge in [0.2, 0.25) is 5.91 Å². The van der Waals surface area contributed by atoms with Gasteiger partial charge in [0.25, 0.3) is 5.69 Å². The number of carbonyl (C=O) groups excluding carboxylic acids is 2. The largest absolute Gasteiger partial charge is 0.480 e. The van der Waals surface area contributed by atoms with E-state index < -0.39 is 28.8 Å². The van der Waals surface area contributed by atoms with Gasteiger partial charge < -0.3 is 20.1 Å². The molecule has 0 fully saturated rings. The van der Waals surface area contributed by atoms with Crippen molar-refractivity contribution in [3.05, 3.63) is 28.3 Å². The van der Waals surface area contributed by atoms with Crippen LogP contribution in [0.3, 0.4) is 0 Å². The number of nitro benzene ring substituents is 1. The number of fused-ring (bicyclic) bond motifs is 1. The summed E-state index contributed by atoms with van der Waals surface area (Å²) in [4.78, 5) is 46.7. The third-order valence-electron chi connectivity index (χ3n) is 3.85. The fourth-order valence-electron chi connectivity index (χ4n) is 2.58. The third kappa shape index (κ3) is 4.68. The number of anilines is 1. The molecule has 10 nitrogen and oxygen atoms in total. The van der Waals surface area contributed by atoms with Gasteiger partial charge in [0, 0.05) is 6.07 Å². The van der Waals surface area contributed by atoms with Crippen LogP contribution in [0, 0.1) is 10.1 Å². The lowest BCUT2D eigenvalue weighted by Gasteiger charge is -2.29. The predicted octanol–water partition coefficient (Wildman–Crippen LogP) is 1.08. The number of unbranched alkanes of at least 4 members (excludes halogenated alkanes) is 1. The molecule has 140 valence electrons. The van der Waals surface area contributed by atoms with Gasteiger partial charge >= 0.3 is 11.9 Å². The molecule has 1 aromatic rings. The van der Waals surface area contributed by atoms with E-state index in [1.165, 1.54) is 17.0 Å². The number of rotatable bonds is 8. The van der Waals surface area contributed by atoms with Crippen molar-refractivity contribution in [2.24, 2.45) is 0 Å². The summed E-state index contributed by atoms with van der Waals surface area (Å²) in [5.41, 5.74) is 0.110. The Bertz CT molecular complexity index is 735. The third-order valence-corrected chi connectivity index (χ3v) is 3.85. The first kappa shape index (κ1) is 19.2. The van der Waals surface area contributed by atoms with Crippen LogP contribution in [-0.4, -0.2) is 47.0 Å². The Balaban J connectivity index is 2.12. The minimum atomic E-state index is -1.12. The van der Waals surface area contributed by atoms with E-state index in [9.17, 15) is 29.6 Å². The lowest BCUT2D eigenvalue weighted by Crippen LogP contribution is -2.48. The number of hydrogen-bond acceptors (Lipinski definition) is 7. The van der Waals surface area contributed by atoms with Gasteiger partial charge in [-0.3, -0.25) is 14.9 Å². The number of hydrogen-bond donors (Lipinski definition) is 2. The number of amides is 1. The summed E-state index contributed by atoms with van der Waals surface area (Å²) in [6, 6.07) is 2.73. The van der Waals surface area contributed by atoms with Crippen LogP contribution in [0.5, 0.6) is 5.75 Å². The van der Waals surface area contributed by atoms with Crippen LogP contribution in [0.1, 0.15) is 26.2 Å². The highest BCUT2D eigenvalue weighted by atomic mass is 16.6. The molecule has 0 aromatic heterocycles. The van der Waals surface area contributed by atoms with Gasteiger partial charge in [-0.1, -0.05) is 19.8 Å². The van der Waals surface area contributed by atoms with Crippen LogP contribution >= 0.6 is 0 Å². The first-order valence-electron chi connectivity index (χ1n) is 8.08. The normalized spacial score (nSPS) is 14.2. The van der Waals surface area contributed by atoms with Crippen LogP contribution in [0.4, 0.5) is 11.4 Å². The van der Waals surface area contributed by atoms with Crippen molar-refractivity contribution in [2.75, 3.05) is 18.0 Å². The maximum absolute atomic E-state index is 12.2. The second-order valence-corrected chi connectivity index (χ2v) is 5.84. The van der Waals surface area contributed by atoms with E-state index in [2.05, 4.69) is 5.32 Å². The summed E-state index contributed by atoms with van der Waals surface area (Å²) in [5.74, 6) is -2.36. The molecule has 2 rings (SSSR count). The number of nitrogens with one attached hydrogen (secondary N) is 1. The number of ether oxygens (including phenoxy) is 1. The molecule has 0 saturated heterocycles. The quantitative estimate of drug-likeness (QED) is 0.302. The molecular formula is C16H19N3O7. The van der Waals surface area contributed by atoms with Crippen molar-refractivity contribution < 1.29 is 29.2 Å². The number of aliphatic carboxylic acids is 1. The second-order valence-electron chi connectivity index (χ2n) is 5.84. The second kappa shape index (κ2) is 8.28. The fourth-order valence-corrected chi connectivity index (χ4v) is 2.58. The molecule has 1 unspecified atom stereocenters. The van der Waals surface area contributed by atoms with Crippen molar-refractivity contribution >= 4 is 29.2 Å². The molecule has 0 saturated carbocycles. The number of carboxylic acid groups (broad SMARTS) is 1. The van der Waals surface area contributed by atoms with Gasteiger partial charge in [-0.2, -0.15) is 0 Å². The Hall–Kier alpha value is -3.17. The molecule has 2 N–H and O–H groups in total. The molecule has 1 aromatic carbocycles. The molecule has 0 radical (unpaired) electrons. The Kier molecular flexibility index (Phi) is 6.10. The molecule has 1 aliphatic rings. The standard InChI is InChI=1S/C16H19N3O7/c1-2-3-4-11(16(22)23)17-14(20)8-18-9-15(21)26-13-7-10(19(24)25)5-6-12(13)18/h5-7,11H,2-4,8-9H2,1H3,(H,17,20)(H,22,23). The first-order chi connectivity index (χ1) is 12.3. The fraction of sp³-hybridized carbons (Fsp3) is 0.438. The summed E-state index contributed by atoms with van der Waals surface area (Å²) < 4.78 is 5.00. The average Bonchev–Trinajstić information content (AvgIpc) is 2.57. The molecule has 1 atom stereocenters. The average molecular weight is 365 g/mol. The minimum absolute atomic E-state index is 0.0102. The monoisotopic (exact) mass is 365 g/mol. The van der Waals surface area contributed by atoms with Crippen molar-refractivity contribution in [1.29, 1.82) is 0 Å². The van der Waals surface area contributed by atoms with Crippen LogP contribution in [0.25, 0.3) is 0 Å². The lowest BCUT2D eigenvalue weighted by atomic mass is 10.1. The van der Waals surface area contributed by atoms with Gasteiger partial charge in [-0.15, -0.1) is 0 Å². The molecule has 26 heavy (non-hydrogen) atoms. The van der Waals surface area contributed by atoms with E-state index in [0.29, 0.717) is 18.5 Å². The number of non-ortho nitro benzene ring substituents is 1. The molecule has 1 amide bonds. The molecule has 0 bridgehead atoms. The lowest BCUT2D eigenvalue weighted by molar-refractivity contribution is -0.384. The summed E-state index contributed by atoms with van der Waals surface area (Å²) in [5, 5.41) is 22.4. The molecule has 10 heteroatoms. The summed E-state index contributed by atoms with van der Waals surface area (Å²) in [6.45, 7) is 1.43. The SMILES string of the molecule is CCCCC(NC(=O)CN1CC(=O)Oc2cc([N+](=O)[O-])ccc21)C(=O)O. The zero-order valence-electron chi connectivity index (χ0n) is 14.1. The molecule has 1 heterocycles. The number of nitro groups is 1. The van der Waals surface area contributed by atoms with E-state index in [0.717, 1.165) is 12.5 Å². The zero-order chi connectivity index (χ0) is 19.3. The molecule has 0 spiro atoms. The molecule has 1 aliphatic heterocycles. The predicted molar refractivity (Wildman–Crippen MR) is 90.0 cm³/mol. The van der Waals surface area contributed by atoms with Crippen molar-refractivity contribution in [3.63, 3.8) is 0 Å². The van der Waals surface area contributed by atoms with E-state index in [1.54, 1.807) is 0 Å². The number of benzene rings is 1. The Labute approximate surface area is 148 Å². The van der Waals surface area contributed by atoms with Gasteiger partial charge in [-0.05, 0) is 12.5 Å². The Morgan fingerprint density at radius 2 is 2.19 bits per heavy atom. The smallest absolute Gasteiger partial charge is 0.331 e. The summed E-state index contributed by atoms with van der Waals surface area (Å²) in [7, 11) is 0. The van der Waals surface area contributed by atoms with Crippen LogP contribution < -0.4 is 15.0 Å². The van der Waals surface area contributed by atoms with Crippen LogP contribution in [0.2, 0.25) is 0 Å². The summed E-state index contributed by atoms with van der Waals surface area (Å²) in [6.07, 6.45) is 1.76. The number of carbonyl (C=O) groups is 3. The van der Waals surface area contributed by atoms with E-state index in [-0.39, 0.29) is 24.5 Å².